The molecule has 1 aliphatic heterocycles. The van der Waals surface area contributed by atoms with Gasteiger partial charge in [-0.05, 0) is 26.0 Å². The molecule has 68 valence electrons. The van der Waals surface area contributed by atoms with Crippen molar-refractivity contribution in [3.63, 3.8) is 0 Å². The summed E-state index contributed by atoms with van der Waals surface area (Å²) >= 11 is 0. The molecule has 0 saturated carbocycles. The van der Waals surface area contributed by atoms with Gasteiger partial charge in [0.1, 0.15) is 0 Å². The van der Waals surface area contributed by atoms with E-state index < -0.39 is 0 Å². The molecule has 1 aliphatic rings. The third kappa shape index (κ3) is 1.68. The Morgan fingerprint density at radius 1 is 1.50 bits per heavy atom. The minimum Gasteiger partial charge on any atom is -0.317 e. The van der Waals surface area contributed by atoms with Gasteiger partial charge in [0.15, 0.2) is 0 Å². The highest BCUT2D eigenvalue weighted by molar-refractivity contribution is 5.79. The molecule has 0 aromatic carbocycles. The first kappa shape index (κ1) is 9.30. The molecule has 0 aliphatic carbocycles. The Morgan fingerprint density at radius 3 is 2.75 bits per heavy atom. The van der Waals surface area contributed by atoms with Crippen LogP contribution in [-0.4, -0.2) is 16.8 Å². The lowest BCUT2D eigenvalue weighted by molar-refractivity contribution is -0.133. The van der Waals surface area contributed by atoms with Crippen molar-refractivity contribution in [2.24, 2.45) is 5.92 Å². The van der Waals surface area contributed by atoms with Crippen LogP contribution in [-0.2, 0) is 4.79 Å². The van der Waals surface area contributed by atoms with Crippen LogP contribution in [0.2, 0.25) is 0 Å². The first-order valence-electron chi connectivity index (χ1n) is 4.61. The van der Waals surface area contributed by atoms with Crippen LogP contribution in [0.4, 0.5) is 0 Å². The second-order valence-corrected chi connectivity index (χ2v) is 3.61. The second kappa shape index (κ2) is 3.74. The minimum atomic E-state index is 0.174. The Morgan fingerprint density at radius 2 is 2.17 bits per heavy atom. The molecule has 1 heterocycles. The Hall–Kier alpha value is -0.790. The zero-order valence-corrected chi connectivity index (χ0v) is 7.92. The van der Waals surface area contributed by atoms with Crippen molar-refractivity contribution in [3.05, 3.63) is 12.8 Å². The van der Waals surface area contributed by atoms with E-state index in [1.165, 1.54) is 0 Å². The summed E-state index contributed by atoms with van der Waals surface area (Å²) in [5.74, 6) is 0.406. The van der Waals surface area contributed by atoms with E-state index in [0.29, 0.717) is 6.04 Å². The fourth-order valence-corrected chi connectivity index (χ4v) is 1.72. The molecule has 2 heteroatoms. The maximum atomic E-state index is 11.6. The number of amides is 1. The van der Waals surface area contributed by atoms with E-state index in [0.717, 1.165) is 19.3 Å². The quantitative estimate of drug-likeness (QED) is 0.586. The molecule has 0 radical (unpaired) electrons. The molecule has 1 rings (SSSR count). The number of likely N-dealkylation sites (tertiary alicyclic amines) is 1. The predicted octanol–water partition coefficient (Wildman–Crippen LogP) is 2.17. The van der Waals surface area contributed by atoms with Crippen LogP contribution >= 0.6 is 0 Å². The van der Waals surface area contributed by atoms with Gasteiger partial charge in [0.25, 0.3) is 0 Å². The minimum absolute atomic E-state index is 0.174. The van der Waals surface area contributed by atoms with Gasteiger partial charge in [-0.1, -0.05) is 19.9 Å². The molecule has 2 atom stereocenters. The molecule has 2 unspecified atom stereocenters. The molecule has 1 saturated heterocycles. The zero-order chi connectivity index (χ0) is 9.14. The Labute approximate surface area is 74.2 Å². The van der Waals surface area contributed by atoms with E-state index in [9.17, 15) is 4.79 Å². The number of hydrogen-bond donors (Lipinski definition) is 0. The lowest BCUT2D eigenvalue weighted by Gasteiger charge is -2.24. The molecule has 1 fully saturated rings. The van der Waals surface area contributed by atoms with Crippen molar-refractivity contribution in [2.45, 2.75) is 39.2 Å². The van der Waals surface area contributed by atoms with Crippen LogP contribution in [0.3, 0.4) is 0 Å². The molecular formula is C10H17NO. The van der Waals surface area contributed by atoms with E-state index in [1.807, 2.05) is 6.92 Å². The second-order valence-electron chi connectivity index (χ2n) is 3.61. The van der Waals surface area contributed by atoms with E-state index in [1.54, 1.807) is 11.1 Å². The summed E-state index contributed by atoms with van der Waals surface area (Å²) in [5.41, 5.74) is 0. The van der Waals surface area contributed by atoms with Gasteiger partial charge in [-0.2, -0.15) is 0 Å². The van der Waals surface area contributed by atoms with Crippen molar-refractivity contribution in [1.29, 1.82) is 0 Å². The summed E-state index contributed by atoms with van der Waals surface area (Å²) in [6.07, 6.45) is 4.93. The van der Waals surface area contributed by atoms with E-state index in [2.05, 4.69) is 13.5 Å². The first-order chi connectivity index (χ1) is 5.66. The zero-order valence-electron chi connectivity index (χ0n) is 7.92. The van der Waals surface area contributed by atoms with Crippen molar-refractivity contribution in [2.75, 3.05) is 0 Å². The van der Waals surface area contributed by atoms with Gasteiger partial charge in [0, 0.05) is 12.0 Å². The van der Waals surface area contributed by atoms with Crippen LogP contribution in [0.25, 0.3) is 0 Å². The highest BCUT2D eigenvalue weighted by atomic mass is 16.2. The molecule has 12 heavy (non-hydrogen) atoms. The highest BCUT2D eigenvalue weighted by Gasteiger charge is 2.25. The van der Waals surface area contributed by atoms with Gasteiger partial charge in [-0.15, -0.1) is 0 Å². The molecule has 0 N–H and O–H groups in total. The topological polar surface area (TPSA) is 20.3 Å². The largest absolute Gasteiger partial charge is 0.317 e. The fraction of sp³-hybridized carbons (Fsp3) is 0.700. The SMILES string of the molecule is C=CN1C(=O)C(C)CCCC1C. The number of nitrogens with zero attached hydrogens (tertiary/aromatic N) is 1. The third-order valence-corrected chi connectivity index (χ3v) is 2.61. The van der Waals surface area contributed by atoms with Crippen molar-refractivity contribution in [1.82, 2.24) is 4.90 Å². The van der Waals surface area contributed by atoms with Crippen molar-refractivity contribution < 1.29 is 4.79 Å². The Bertz CT molecular complexity index is 188. The predicted molar refractivity (Wildman–Crippen MR) is 49.5 cm³/mol. The normalized spacial score (nSPS) is 31.5. The van der Waals surface area contributed by atoms with Gasteiger partial charge in [0.2, 0.25) is 5.91 Å². The summed E-state index contributed by atoms with van der Waals surface area (Å²) in [4.78, 5) is 13.4. The van der Waals surface area contributed by atoms with Crippen LogP contribution < -0.4 is 0 Å². The average Bonchev–Trinajstić information content (AvgIpc) is 2.14. The molecule has 0 bridgehead atoms. The van der Waals surface area contributed by atoms with Gasteiger partial charge >= 0.3 is 0 Å². The number of carbonyl (C=O) groups excluding carboxylic acids is 1. The van der Waals surface area contributed by atoms with Crippen molar-refractivity contribution in [3.8, 4) is 0 Å². The first-order valence-corrected chi connectivity index (χ1v) is 4.61. The Kier molecular flexibility index (Phi) is 2.90. The average molecular weight is 167 g/mol. The summed E-state index contributed by atoms with van der Waals surface area (Å²) in [6.45, 7) is 7.74. The molecule has 0 spiro atoms. The van der Waals surface area contributed by atoms with Crippen LogP contribution in [0.1, 0.15) is 33.1 Å². The number of rotatable bonds is 1. The van der Waals surface area contributed by atoms with Crippen LogP contribution in [0.5, 0.6) is 0 Å². The van der Waals surface area contributed by atoms with Gasteiger partial charge in [0.05, 0.1) is 0 Å². The standard InChI is InChI=1S/C10H17NO/c1-4-11-9(3)7-5-6-8(2)10(11)12/h4,8-9H,1,5-7H2,2-3H3. The molecule has 2 nitrogen and oxygen atoms in total. The van der Waals surface area contributed by atoms with Gasteiger partial charge < -0.3 is 4.90 Å². The molecular weight excluding hydrogens is 150 g/mol. The van der Waals surface area contributed by atoms with Crippen LogP contribution in [0, 0.1) is 5.92 Å². The van der Waals surface area contributed by atoms with Crippen LogP contribution in [0.15, 0.2) is 12.8 Å². The Balaban J connectivity index is 2.76. The fourth-order valence-electron chi connectivity index (χ4n) is 1.72. The lowest BCUT2D eigenvalue weighted by Crippen LogP contribution is -2.34. The summed E-state index contributed by atoms with van der Waals surface area (Å²) in [6, 6.07) is 0.333. The lowest BCUT2D eigenvalue weighted by atomic mass is 10.1. The van der Waals surface area contributed by atoms with E-state index >= 15 is 0 Å². The van der Waals surface area contributed by atoms with E-state index in [4.69, 9.17) is 0 Å². The summed E-state index contributed by atoms with van der Waals surface area (Å²) < 4.78 is 0. The maximum Gasteiger partial charge on any atom is 0.229 e. The third-order valence-electron chi connectivity index (χ3n) is 2.61. The summed E-state index contributed by atoms with van der Waals surface area (Å²) in [7, 11) is 0. The van der Waals surface area contributed by atoms with Crippen molar-refractivity contribution >= 4 is 5.91 Å². The summed E-state index contributed by atoms with van der Waals surface area (Å²) in [5, 5.41) is 0. The molecule has 0 aromatic rings. The maximum absolute atomic E-state index is 11.6. The molecule has 0 aromatic heterocycles. The smallest absolute Gasteiger partial charge is 0.229 e. The van der Waals surface area contributed by atoms with Gasteiger partial charge in [-0.3, -0.25) is 4.79 Å². The highest BCUT2D eigenvalue weighted by Crippen LogP contribution is 2.21. The number of hydrogen-bond acceptors (Lipinski definition) is 1. The number of carbonyl (C=O) groups is 1. The monoisotopic (exact) mass is 167 g/mol. The van der Waals surface area contributed by atoms with Gasteiger partial charge in [-0.25, -0.2) is 0 Å². The molecule has 1 amide bonds. The van der Waals surface area contributed by atoms with E-state index in [-0.39, 0.29) is 11.8 Å².